The van der Waals surface area contributed by atoms with Crippen molar-refractivity contribution in [1.82, 2.24) is 0 Å². The van der Waals surface area contributed by atoms with Crippen LogP contribution in [0.4, 0.5) is 0 Å². The maximum atomic E-state index is 8.89. The minimum atomic E-state index is 0.253. The van der Waals surface area contributed by atoms with Crippen molar-refractivity contribution in [2.24, 2.45) is 0 Å². The molecule has 1 rings (SSSR count). The molecule has 0 saturated heterocycles. The normalized spacial score (nSPS) is 10.1. The summed E-state index contributed by atoms with van der Waals surface area (Å²) < 4.78 is 0. The van der Waals surface area contributed by atoms with Crippen molar-refractivity contribution >= 4 is 0 Å². The SMILES string of the molecule is [CH2]C(C)c1cccc(C#N)c1CC. The quantitative estimate of drug-likeness (QED) is 0.672. The second-order valence-corrected chi connectivity index (χ2v) is 3.24. The molecule has 1 atom stereocenters. The van der Waals surface area contributed by atoms with Crippen LogP contribution in [-0.4, -0.2) is 0 Å². The molecule has 1 heteroatoms. The molecule has 0 aliphatic heterocycles. The standard InChI is InChI=1S/C12H14N/c1-4-11-10(8-13)6-5-7-12(11)9(2)3/h5-7,9H,2,4H2,1,3H3. The van der Waals surface area contributed by atoms with Gasteiger partial charge in [-0.25, -0.2) is 0 Å². The highest BCUT2D eigenvalue weighted by Gasteiger charge is 2.08. The molecule has 0 aliphatic rings. The van der Waals surface area contributed by atoms with Crippen molar-refractivity contribution in [2.75, 3.05) is 0 Å². The summed E-state index contributed by atoms with van der Waals surface area (Å²) in [6.45, 7) is 8.11. The molecule has 0 aromatic heterocycles. The summed E-state index contributed by atoms with van der Waals surface area (Å²) in [6, 6.07) is 8.06. The van der Waals surface area contributed by atoms with Crippen LogP contribution in [0, 0.1) is 18.3 Å². The lowest BCUT2D eigenvalue weighted by atomic mass is 9.92. The van der Waals surface area contributed by atoms with Crippen molar-refractivity contribution < 1.29 is 0 Å². The van der Waals surface area contributed by atoms with Gasteiger partial charge in [-0.15, -0.1) is 0 Å². The average Bonchev–Trinajstić information content (AvgIpc) is 2.16. The smallest absolute Gasteiger partial charge is 0.0994 e. The van der Waals surface area contributed by atoms with E-state index in [1.165, 1.54) is 5.56 Å². The zero-order valence-corrected chi connectivity index (χ0v) is 8.17. The largest absolute Gasteiger partial charge is 0.192 e. The summed E-state index contributed by atoms with van der Waals surface area (Å²) in [5.74, 6) is 0.253. The number of rotatable bonds is 2. The molecule has 0 saturated carbocycles. The molecule has 1 aromatic rings. The molecule has 67 valence electrons. The van der Waals surface area contributed by atoms with Gasteiger partial charge in [0, 0.05) is 0 Å². The third-order valence-electron chi connectivity index (χ3n) is 2.22. The minimum absolute atomic E-state index is 0.253. The first kappa shape index (κ1) is 9.80. The van der Waals surface area contributed by atoms with Crippen LogP contribution in [0.1, 0.15) is 36.5 Å². The summed E-state index contributed by atoms with van der Waals surface area (Å²) >= 11 is 0. The van der Waals surface area contributed by atoms with Crippen molar-refractivity contribution in [2.45, 2.75) is 26.2 Å². The molecule has 0 N–H and O–H groups in total. The van der Waals surface area contributed by atoms with Gasteiger partial charge < -0.3 is 0 Å². The summed E-state index contributed by atoms with van der Waals surface area (Å²) in [5.41, 5.74) is 3.13. The lowest BCUT2D eigenvalue weighted by Gasteiger charge is -2.12. The van der Waals surface area contributed by atoms with Crippen LogP contribution >= 0.6 is 0 Å². The van der Waals surface area contributed by atoms with Crippen LogP contribution in [0.25, 0.3) is 0 Å². The molecule has 1 unspecified atom stereocenters. The first-order chi connectivity index (χ1) is 6.20. The maximum Gasteiger partial charge on any atom is 0.0994 e. The fourth-order valence-corrected chi connectivity index (χ4v) is 1.57. The highest BCUT2D eigenvalue weighted by Crippen LogP contribution is 2.22. The second kappa shape index (κ2) is 4.09. The predicted octanol–water partition coefficient (Wildman–Crippen LogP) is 3.06. The van der Waals surface area contributed by atoms with Crippen LogP contribution in [0.15, 0.2) is 18.2 Å². The van der Waals surface area contributed by atoms with E-state index in [1.807, 2.05) is 12.1 Å². The lowest BCUT2D eigenvalue weighted by Crippen LogP contribution is -1.98. The van der Waals surface area contributed by atoms with Crippen LogP contribution in [-0.2, 0) is 6.42 Å². The molecule has 0 spiro atoms. The van der Waals surface area contributed by atoms with Crippen LogP contribution in [0.5, 0.6) is 0 Å². The van der Waals surface area contributed by atoms with Crippen molar-refractivity contribution in [3.8, 4) is 6.07 Å². The first-order valence-corrected chi connectivity index (χ1v) is 4.55. The minimum Gasteiger partial charge on any atom is -0.192 e. The second-order valence-electron chi connectivity index (χ2n) is 3.24. The van der Waals surface area contributed by atoms with Crippen molar-refractivity contribution in [3.63, 3.8) is 0 Å². The number of nitrogens with zero attached hydrogens (tertiary/aromatic N) is 1. The maximum absolute atomic E-state index is 8.89. The Morgan fingerprint density at radius 3 is 2.69 bits per heavy atom. The molecule has 0 fully saturated rings. The Labute approximate surface area is 80.0 Å². The van der Waals surface area contributed by atoms with Gasteiger partial charge in [0.25, 0.3) is 0 Å². The molecular weight excluding hydrogens is 158 g/mol. The zero-order chi connectivity index (χ0) is 9.84. The Morgan fingerprint density at radius 1 is 1.54 bits per heavy atom. The molecular formula is C12H14N. The molecule has 0 heterocycles. The van der Waals surface area contributed by atoms with Crippen LogP contribution in [0.3, 0.4) is 0 Å². The van der Waals surface area contributed by atoms with Crippen LogP contribution in [0.2, 0.25) is 0 Å². The Kier molecular flexibility index (Phi) is 3.08. The van der Waals surface area contributed by atoms with Crippen molar-refractivity contribution in [1.29, 1.82) is 5.26 Å². The van der Waals surface area contributed by atoms with Gasteiger partial charge >= 0.3 is 0 Å². The molecule has 0 aliphatic carbocycles. The fourth-order valence-electron chi connectivity index (χ4n) is 1.57. The highest BCUT2D eigenvalue weighted by atomic mass is 14.2. The van der Waals surface area contributed by atoms with Crippen molar-refractivity contribution in [3.05, 3.63) is 41.8 Å². The third-order valence-corrected chi connectivity index (χ3v) is 2.22. The van der Waals surface area contributed by atoms with Gasteiger partial charge in [-0.1, -0.05) is 26.0 Å². The van der Waals surface area contributed by atoms with E-state index in [4.69, 9.17) is 5.26 Å². The number of hydrogen-bond donors (Lipinski definition) is 0. The zero-order valence-electron chi connectivity index (χ0n) is 8.17. The van der Waals surface area contributed by atoms with E-state index in [2.05, 4.69) is 32.9 Å². The van der Waals surface area contributed by atoms with E-state index < -0.39 is 0 Å². The Morgan fingerprint density at radius 2 is 2.23 bits per heavy atom. The van der Waals surface area contributed by atoms with Gasteiger partial charge in [-0.05, 0) is 36.5 Å². The number of nitriles is 1. The van der Waals surface area contributed by atoms with Crippen LogP contribution < -0.4 is 0 Å². The summed E-state index contributed by atoms with van der Waals surface area (Å²) in [7, 11) is 0. The topological polar surface area (TPSA) is 23.8 Å². The third kappa shape index (κ3) is 1.89. The lowest BCUT2D eigenvalue weighted by molar-refractivity contribution is 0.923. The van der Waals surface area contributed by atoms with E-state index in [-0.39, 0.29) is 5.92 Å². The van der Waals surface area contributed by atoms with Gasteiger partial charge in [0.1, 0.15) is 0 Å². The molecule has 1 nitrogen and oxygen atoms in total. The summed E-state index contributed by atoms with van der Waals surface area (Å²) in [6.07, 6.45) is 0.902. The molecule has 0 amide bonds. The van der Waals surface area contributed by atoms with E-state index in [0.29, 0.717) is 0 Å². The van der Waals surface area contributed by atoms with Gasteiger partial charge in [0.05, 0.1) is 11.6 Å². The molecule has 1 aromatic carbocycles. The monoisotopic (exact) mass is 172 g/mol. The summed E-state index contributed by atoms with van der Waals surface area (Å²) in [5, 5.41) is 8.89. The molecule has 1 radical (unpaired) electrons. The van der Waals surface area contributed by atoms with E-state index in [9.17, 15) is 0 Å². The van der Waals surface area contributed by atoms with E-state index in [1.54, 1.807) is 0 Å². The van der Waals surface area contributed by atoms with E-state index >= 15 is 0 Å². The Balaban J connectivity index is 3.29. The average molecular weight is 172 g/mol. The van der Waals surface area contributed by atoms with Gasteiger partial charge in [0.15, 0.2) is 0 Å². The molecule has 13 heavy (non-hydrogen) atoms. The Bertz CT molecular complexity index is 331. The predicted molar refractivity (Wildman–Crippen MR) is 54.3 cm³/mol. The van der Waals surface area contributed by atoms with Gasteiger partial charge in [-0.3, -0.25) is 0 Å². The summed E-state index contributed by atoms with van der Waals surface area (Å²) in [4.78, 5) is 0. The van der Waals surface area contributed by atoms with Gasteiger partial charge in [0.2, 0.25) is 0 Å². The van der Waals surface area contributed by atoms with E-state index in [0.717, 1.165) is 17.5 Å². The fraction of sp³-hybridized carbons (Fsp3) is 0.333. The first-order valence-electron chi connectivity index (χ1n) is 4.55. The Hall–Kier alpha value is -1.29. The molecule has 0 bridgehead atoms. The van der Waals surface area contributed by atoms with Gasteiger partial charge in [-0.2, -0.15) is 5.26 Å². The highest BCUT2D eigenvalue weighted by molar-refractivity contribution is 5.44. The number of benzene rings is 1. The number of hydrogen-bond acceptors (Lipinski definition) is 1.